The molecule has 3 N–H and O–H groups in total. The molecule has 1 spiro atoms. The summed E-state index contributed by atoms with van der Waals surface area (Å²) in [6.07, 6.45) is 1.96. The third-order valence-electron chi connectivity index (χ3n) is 8.42. The van der Waals surface area contributed by atoms with Gasteiger partial charge in [-0.3, -0.25) is 14.4 Å². The van der Waals surface area contributed by atoms with Crippen LogP contribution in [0, 0.1) is 11.8 Å². The smallest absolute Gasteiger partial charge is 0.248 e. The van der Waals surface area contributed by atoms with Crippen LogP contribution in [0.25, 0.3) is 10.8 Å². The molecule has 3 amide bonds. The maximum Gasteiger partial charge on any atom is 0.248 e. The van der Waals surface area contributed by atoms with Gasteiger partial charge in [-0.25, -0.2) is 0 Å². The fourth-order valence-electron chi connectivity index (χ4n) is 6.72. The number of carbonyl (C=O) groups is 3. The summed E-state index contributed by atoms with van der Waals surface area (Å²) in [6, 6.07) is 21.7. The summed E-state index contributed by atoms with van der Waals surface area (Å²) < 4.78 is -0.704. The lowest BCUT2D eigenvalue weighted by atomic mass is 9.70. The number of rotatable bonds is 7. The number of hydrogen-bond acceptors (Lipinski definition) is 5. The SMILES string of the molecule is CC[C@@H](CO)N1C(=O)[C@@H]2[C@H](C(=O)Nc3ccccc3)[C@@H]3CCC2(S3)C1C(=O)Nc1ccc2ccccc2c1. The molecule has 3 fully saturated rings. The second kappa shape index (κ2) is 9.75. The van der Waals surface area contributed by atoms with Crippen LogP contribution < -0.4 is 10.6 Å². The van der Waals surface area contributed by atoms with Crippen molar-refractivity contribution in [2.45, 2.75) is 48.3 Å². The highest BCUT2D eigenvalue weighted by Gasteiger charge is 2.74. The first-order valence-corrected chi connectivity index (χ1v) is 14.1. The molecule has 0 saturated carbocycles. The maximum absolute atomic E-state index is 14.1. The van der Waals surface area contributed by atoms with E-state index >= 15 is 0 Å². The lowest BCUT2D eigenvalue weighted by Crippen LogP contribution is -2.54. The highest BCUT2D eigenvalue weighted by molar-refractivity contribution is 8.02. The Morgan fingerprint density at radius 2 is 1.71 bits per heavy atom. The molecule has 7 nitrogen and oxygen atoms in total. The number of fused-ring (bicyclic) bond motifs is 2. The quantitative estimate of drug-likeness (QED) is 0.424. The number of thioether (sulfide) groups is 1. The predicted octanol–water partition coefficient (Wildman–Crippen LogP) is 4.28. The lowest BCUT2D eigenvalue weighted by molar-refractivity contribution is -0.141. The molecule has 38 heavy (non-hydrogen) atoms. The zero-order valence-electron chi connectivity index (χ0n) is 21.2. The van der Waals surface area contributed by atoms with Crippen molar-refractivity contribution in [2.24, 2.45) is 11.8 Å². The molecule has 3 aromatic rings. The first-order chi connectivity index (χ1) is 18.5. The number of aliphatic hydroxyl groups excluding tert-OH is 1. The van der Waals surface area contributed by atoms with Gasteiger partial charge >= 0.3 is 0 Å². The van der Waals surface area contributed by atoms with Gasteiger partial charge in [0.1, 0.15) is 6.04 Å². The molecule has 3 aliphatic rings. The number of amides is 3. The van der Waals surface area contributed by atoms with Crippen molar-refractivity contribution in [3.8, 4) is 0 Å². The minimum Gasteiger partial charge on any atom is -0.394 e. The van der Waals surface area contributed by atoms with Crippen LogP contribution in [-0.4, -0.2) is 56.4 Å². The van der Waals surface area contributed by atoms with E-state index in [2.05, 4.69) is 10.6 Å². The molecule has 0 radical (unpaired) electrons. The Kier molecular flexibility index (Phi) is 6.40. The van der Waals surface area contributed by atoms with E-state index in [1.807, 2.05) is 79.7 Å². The number of benzene rings is 3. The van der Waals surface area contributed by atoms with E-state index in [1.165, 1.54) is 0 Å². The molecule has 6 atom stereocenters. The number of anilines is 2. The number of likely N-dealkylation sites (tertiary alicyclic amines) is 1. The third kappa shape index (κ3) is 3.89. The van der Waals surface area contributed by atoms with Gasteiger partial charge in [-0.2, -0.15) is 0 Å². The average molecular weight is 530 g/mol. The highest BCUT2D eigenvalue weighted by Crippen LogP contribution is 2.66. The van der Waals surface area contributed by atoms with Gasteiger partial charge in [-0.1, -0.05) is 55.5 Å². The molecule has 196 valence electrons. The Morgan fingerprint density at radius 3 is 2.45 bits per heavy atom. The first-order valence-electron chi connectivity index (χ1n) is 13.2. The van der Waals surface area contributed by atoms with Crippen LogP contribution in [0.5, 0.6) is 0 Å². The zero-order valence-corrected chi connectivity index (χ0v) is 22.0. The van der Waals surface area contributed by atoms with Crippen LogP contribution in [-0.2, 0) is 14.4 Å². The van der Waals surface area contributed by atoms with Crippen LogP contribution in [0.4, 0.5) is 11.4 Å². The van der Waals surface area contributed by atoms with Gasteiger partial charge in [-0.05, 0) is 54.3 Å². The van der Waals surface area contributed by atoms with Crippen LogP contribution in [0.15, 0.2) is 72.8 Å². The summed E-state index contributed by atoms with van der Waals surface area (Å²) in [4.78, 5) is 43.3. The molecule has 3 aromatic carbocycles. The number of carbonyl (C=O) groups excluding carboxylic acids is 3. The summed E-state index contributed by atoms with van der Waals surface area (Å²) in [7, 11) is 0. The molecular weight excluding hydrogens is 498 g/mol. The Bertz CT molecular complexity index is 1390. The maximum atomic E-state index is 14.1. The third-order valence-corrected chi connectivity index (χ3v) is 10.4. The van der Waals surface area contributed by atoms with Gasteiger partial charge < -0.3 is 20.6 Å². The minimum atomic E-state index is -0.770. The van der Waals surface area contributed by atoms with Crippen molar-refractivity contribution in [1.82, 2.24) is 4.90 Å². The van der Waals surface area contributed by atoms with E-state index in [4.69, 9.17) is 0 Å². The van der Waals surface area contributed by atoms with E-state index < -0.39 is 28.7 Å². The average Bonchev–Trinajstić information content (AvgIpc) is 3.57. The minimum absolute atomic E-state index is 0.0278. The standard InChI is InChI=1S/C30H31N3O4S/c1-2-22(17-34)33-26(28(36)32-21-13-12-18-8-6-7-9-19(18)16-21)30-15-14-23(38-30)24(25(30)29(33)37)27(35)31-20-10-4-3-5-11-20/h3-13,16,22-26,34H,2,14-15,17H2,1H3,(H,31,35)(H,32,36)/t22-,23-,24+,25-,26?,30?/m0/s1. The Morgan fingerprint density at radius 1 is 1.00 bits per heavy atom. The van der Waals surface area contributed by atoms with E-state index in [0.29, 0.717) is 24.2 Å². The van der Waals surface area contributed by atoms with Gasteiger partial charge in [0.25, 0.3) is 0 Å². The summed E-state index contributed by atoms with van der Waals surface area (Å²) in [6.45, 7) is 1.67. The molecule has 3 heterocycles. The molecule has 8 heteroatoms. The normalized spacial score (nSPS) is 28.4. The molecular formula is C30H31N3O4S. The van der Waals surface area contributed by atoms with E-state index in [9.17, 15) is 19.5 Å². The van der Waals surface area contributed by atoms with Gasteiger partial charge in [-0.15, -0.1) is 11.8 Å². The fraction of sp³-hybridized carbons (Fsp3) is 0.367. The highest BCUT2D eigenvalue weighted by atomic mass is 32.2. The molecule has 0 aromatic heterocycles. The fourth-order valence-corrected chi connectivity index (χ4v) is 8.93. The monoisotopic (exact) mass is 529 g/mol. The van der Waals surface area contributed by atoms with Crippen LogP contribution in [0.2, 0.25) is 0 Å². The number of nitrogens with zero attached hydrogens (tertiary/aromatic N) is 1. The van der Waals surface area contributed by atoms with Crippen molar-refractivity contribution >= 4 is 51.6 Å². The topological polar surface area (TPSA) is 98.7 Å². The van der Waals surface area contributed by atoms with E-state index in [0.717, 1.165) is 17.2 Å². The molecule has 3 aliphatic heterocycles. The van der Waals surface area contributed by atoms with Crippen LogP contribution in [0.1, 0.15) is 26.2 Å². The summed E-state index contributed by atoms with van der Waals surface area (Å²) in [5.41, 5.74) is 1.35. The van der Waals surface area contributed by atoms with E-state index in [1.54, 1.807) is 16.7 Å². The molecule has 0 aliphatic carbocycles. The number of aliphatic hydroxyl groups is 1. The number of nitrogens with one attached hydrogen (secondary N) is 2. The summed E-state index contributed by atoms with van der Waals surface area (Å²) >= 11 is 1.63. The molecule has 6 rings (SSSR count). The van der Waals surface area contributed by atoms with Gasteiger partial charge in [0, 0.05) is 16.6 Å². The molecule has 2 unspecified atom stereocenters. The van der Waals surface area contributed by atoms with Crippen molar-refractivity contribution in [1.29, 1.82) is 0 Å². The predicted molar refractivity (Wildman–Crippen MR) is 150 cm³/mol. The van der Waals surface area contributed by atoms with E-state index in [-0.39, 0.29) is 29.6 Å². The van der Waals surface area contributed by atoms with Crippen molar-refractivity contribution < 1.29 is 19.5 Å². The first kappa shape index (κ1) is 24.9. The van der Waals surface area contributed by atoms with Gasteiger partial charge in [0.2, 0.25) is 17.7 Å². The van der Waals surface area contributed by atoms with Crippen LogP contribution >= 0.6 is 11.8 Å². The molecule has 3 saturated heterocycles. The Balaban J connectivity index is 1.34. The second-order valence-electron chi connectivity index (χ2n) is 10.5. The molecule has 2 bridgehead atoms. The number of para-hydroxylation sites is 1. The Labute approximate surface area is 226 Å². The van der Waals surface area contributed by atoms with Gasteiger partial charge in [0.15, 0.2) is 0 Å². The second-order valence-corrected chi connectivity index (χ2v) is 12.1. The van der Waals surface area contributed by atoms with Crippen molar-refractivity contribution in [3.63, 3.8) is 0 Å². The van der Waals surface area contributed by atoms with Crippen molar-refractivity contribution in [3.05, 3.63) is 72.8 Å². The number of hydrogen-bond donors (Lipinski definition) is 3. The largest absolute Gasteiger partial charge is 0.394 e. The summed E-state index contributed by atoms with van der Waals surface area (Å²) in [5, 5.41) is 18.3. The Hall–Kier alpha value is -3.36. The van der Waals surface area contributed by atoms with Gasteiger partial charge in [0.05, 0.1) is 29.2 Å². The van der Waals surface area contributed by atoms with Crippen molar-refractivity contribution in [2.75, 3.05) is 17.2 Å². The zero-order chi connectivity index (χ0) is 26.4. The van der Waals surface area contributed by atoms with Crippen LogP contribution in [0.3, 0.4) is 0 Å². The lowest BCUT2D eigenvalue weighted by Gasteiger charge is -2.36. The summed E-state index contributed by atoms with van der Waals surface area (Å²) in [5.74, 6) is -1.78.